The average molecular weight is 369 g/mol. The van der Waals surface area contributed by atoms with E-state index in [2.05, 4.69) is 12.0 Å². The molecule has 0 spiro atoms. The Hall–Kier alpha value is -2.77. The number of hydrogen-bond acceptors (Lipinski definition) is 4. The zero-order chi connectivity index (χ0) is 18.9. The molecule has 0 saturated heterocycles. The van der Waals surface area contributed by atoms with E-state index in [0.717, 1.165) is 12.0 Å². The summed E-state index contributed by atoms with van der Waals surface area (Å²) in [5.74, 6) is -0.259. The quantitative estimate of drug-likeness (QED) is 0.840. The van der Waals surface area contributed by atoms with Crippen molar-refractivity contribution in [2.75, 3.05) is 5.01 Å². The standard InChI is InChI=1S/C19H19N3O3S/c1-3-14-4-6-15(7-5-14)12-18-13(2)21-22(19(18)23)16-8-10-17(11-9-16)26(20,24)25/h4-12H,3H2,1-2H3,(H2,20,24,25)/b18-12-. The minimum Gasteiger partial charge on any atom is -0.267 e. The van der Waals surface area contributed by atoms with Gasteiger partial charge in [0, 0.05) is 0 Å². The van der Waals surface area contributed by atoms with E-state index in [1.807, 2.05) is 24.3 Å². The van der Waals surface area contributed by atoms with E-state index in [1.165, 1.54) is 34.8 Å². The van der Waals surface area contributed by atoms with E-state index in [-0.39, 0.29) is 10.8 Å². The molecule has 2 aromatic carbocycles. The lowest BCUT2D eigenvalue weighted by Crippen LogP contribution is -2.21. The van der Waals surface area contributed by atoms with Crippen LogP contribution in [0.4, 0.5) is 5.69 Å². The van der Waals surface area contributed by atoms with Gasteiger partial charge in [-0.1, -0.05) is 31.2 Å². The summed E-state index contributed by atoms with van der Waals surface area (Å²) in [5.41, 5.74) is 3.74. The third-order valence-electron chi connectivity index (χ3n) is 4.17. The van der Waals surface area contributed by atoms with Gasteiger partial charge in [0.15, 0.2) is 0 Å². The molecule has 2 aromatic rings. The largest absolute Gasteiger partial charge is 0.280 e. The number of carbonyl (C=O) groups excluding carboxylic acids is 1. The maximum Gasteiger partial charge on any atom is 0.280 e. The molecular formula is C19H19N3O3S. The van der Waals surface area contributed by atoms with Crippen molar-refractivity contribution in [3.05, 3.63) is 65.2 Å². The molecule has 0 bridgehead atoms. The maximum absolute atomic E-state index is 12.7. The summed E-state index contributed by atoms with van der Waals surface area (Å²) >= 11 is 0. The second-order valence-electron chi connectivity index (χ2n) is 5.99. The molecule has 1 heterocycles. The minimum absolute atomic E-state index is 0.0135. The van der Waals surface area contributed by atoms with Crippen LogP contribution in [0.3, 0.4) is 0 Å². The molecule has 1 aliphatic heterocycles. The van der Waals surface area contributed by atoms with Crippen LogP contribution in [0.5, 0.6) is 0 Å². The SMILES string of the molecule is CCc1ccc(/C=C2\C(=O)N(c3ccc(S(N)(=O)=O)cc3)N=C2C)cc1. The highest BCUT2D eigenvalue weighted by molar-refractivity contribution is 7.89. The van der Waals surface area contributed by atoms with Crippen LogP contribution in [0.2, 0.25) is 0 Å². The number of nitrogens with zero attached hydrogens (tertiary/aromatic N) is 2. The van der Waals surface area contributed by atoms with E-state index in [4.69, 9.17) is 5.14 Å². The fourth-order valence-electron chi connectivity index (χ4n) is 2.65. The van der Waals surface area contributed by atoms with Gasteiger partial charge in [0.1, 0.15) is 0 Å². The van der Waals surface area contributed by atoms with Gasteiger partial charge >= 0.3 is 0 Å². The van der Waals surface area contributed by atoms with Crippen LogP contribution in [0.1, 0.15) is 25.0 Å². The van der Waals surface area contributed by atoms with Crippen molar-refractivity contribution >= 4 is 33.4 Å². The van der Waals surface area contributed by atoms with E-state index in [0.29, 0.717) is 17.0 Å². The molecule has 2 N–H and O–H groups in total. The molecule has 0 unspecified atom stereocenters. The van der Waals surface area contributed by atoms with Crippen LogP contribution < -0.4 is 10.1 Å². The Bertz CT molecular complexity index is 1000. The molecule has 1 aliphatic rings. The molecular weight excluding hydrogens is 350 g/mol. The van der Waals surface area contributed by atoms with Gasteiger partial charge in [0.2, 0.25) is 10.0 Å². The molecule has 1 amide bonds. The highest BCUT2D eigenvalue weighted by atomic mass is 32.2. The first kappa shape index (κ1) is 18.0. The van der Waals surface area contributed by atoms with Gasteiger partial charge in [-0.3, -0.25) is 4.79 Å². The van der Waals surface area contributed by atoms with Gasteiger partial charge in [-0.2, -0.15) is 10.1 Å². The first-order valence-corrected chi connectivity index (χ1v) is 9.68. The molecule has 0 aliphatic carbocycles. The van der Waals surface area contributed by atoms with E-state index >= 15 is 0 Å². The minimum atomic E-state index is -3.78. The average Bonchev–Trinajstić information content (AvgIpc) is 2.90. The van der Waals surface area contributed by atoms with Gasteiger partial charge in [-0.15, -0.1) is 0 Å². The van der Waals surface area contributed by atoms with Crippen LogP contribution in [0.15, 0.2) is 64.1 Å². The molecule has 134 valence electrons. The summed E-state index contributed by atoms with van der Waals surface area (Å²) in [7, 11) is -3.78. The zero-order valence-corrected chi connectivity index (χ0v) is 15.3. The second kappa shape index (κ2) is 6.86. The Morgan fingerprint density at radius 3 is 2.23 bits per heavy atom. The second-order valence-corrected chi connectivity index (χ2v) is 7.56. The number of anilines is 1. The van der Waals surface area contributed by atoms with Crippen LogP contribution in [0, 0.1) is 0 Å². The fraction of sp³-hybridized carbons (Fsp3) is 0.158. The number of benzene rings is 2. The molecule has 3 rings (SSSR count). The van der Waals surface area contributed by atoms with Crippen LogP contribution in [-0.2, 0) is 21.2 Å². The molecule has 0 fully saturated rings. The summed E-state index contributed by atoms with van der Waals surface area (Å²) in [5, 5.41) is 10.6. The van der Waals surface area contributed by atoms with Gasteiger partial charge in [0.05, 0.1) is 21.9 Å². The summed E-state index contributed by atoms with van der Waals surface area (Å²) < 4.78 is 22.7. The lowest BCUT2D eigenvalue weighted by atomic mass is 10.0. The van der Waals surface area contributed by atoms with Gasteiger partial charge in [-0.25, -0.2) is 13.6 Å². The number of carbonyl (C=O) groups is 1. The third kappa shape index (κ3) is 3.58. The van der Waals surface area contributed by atoms with Crippen LogP contribution in [-0.4, -0.2) is 20.0 Å². The monoisotopic (exact) mass is 369 g/mol. The first-order valence-electron chi connectivity index (χ1n) is 8.13. The van der Waals surface area contributed by atoms with Crippen LogP contribution in [0.25, 0.3) is 6.08 Å². The van der Waals surface area contributed by atoms with Crippen molar-refractivity contribution < 1.29 is 13.2 Å². The van der Waals surface area contributed by atoms with Crippen molar-refractivity contribution in [1.29, 1.82) is 0 Å². The molecule has 6 nitrogen and oxygen atoms in total. The van der Waals surface area contributed by atoms with Gasteiger partial charge < -0.3 is 0 Å². The molecule has 0 aromatic heterocycles. The zero-order valence-electron chi connectivity index (χ0n) is 14.5. The third-order valence-corrected chi connectivity index (χ3v) is 5.10. The van der Waals surface area contributed by atoms with Gasteiger partial charge in [-0.05, 0) is 54.8 Å². The molecule has 0 saturated carbocycles. The predicted molar refractivity (Wildman–Crippen MR) is 102 cm³/mol. The Balaban J connectivity index is 1.88. The van der Waals surface area contributed by atoms with E-state index < -0.39 is 10.0 Å². The summed E-state index contributed by atoms with van der Waals surface area (Å²) in [6.07, 6.45) is 2.76. The Morgan fingerprint density at radius 1 is 1.08 bits per heavy atom. The Labute approximate surface area is 152 Å². The highest BCUT2D eigenvalue weighted by Crippen LogP contribution is 2.26. The molecule has 26 heavy (non-hydrogen) atoms. The van der Waals surface area contributed by atoms with Crippen molar-refractivity contribution in [2.45, 2.75) is 25.2 Å². The molecule has 7 heteroatoms. The number of rotatable bonds is 4. The number of sulfonamides is 1. The predicted octanol–water partition coefficient (Wildman–Crippen LogP) is 2.70. The highest BCUT2D eigenvalue weighted by Gasteiger charge is 2.28. The van der Waals surface area contributed by atoms with E-state index in [9.17, 15) is 13.2 Å². The lowest BCUT2D eigenvalue weighted by Gasteiger charge is -2.12. The number of amides is 1. The first-order chi connectivity index (χ1) is 12.3. The van der Waals surface area contributed by atoms with E-state index in [1.54, 1.807) is 13.0 Å². The molecule has 0 radical (unpaired) electrons. The number of primary sulfonamides is 1. The summed E-state index contributed by atoms with van der Waals surface area (Å²) in [4.78, 5) is 12.7. The van der Waals surface area contributed by atoms with Crippen molar-refractivity contribution in [3.8, 4) is 0 Å². The van der Waals surface area contributed by atoms with Gasteiger partial charge in [0.25, 0.3) is 5.91 Å². The Kier molecular flexibility index (Phi) is 4.76. The number of hydrogen-bond donors (Lipinski definition) is 1. The number of hydrazone groups is 1. The summed E-state index contributed by atoms with van der Waals surface area (Å²) in [6.45, 7) is 3.85. The normalized spacial score (nSPS) is 16.3. The Morgan fingerprint density at radius 2 is 1.69 bits per heavy atom. The fourth-order valence-corrected chi connectivity index (χ4v) is 3.17. The van der Waals surface area contributed by atoms with Crippen molar-refractivity contribution in [2.24, 2.45) is 10.2 Å². The van der Waals surface area contributed by atoms with Crippen molar-refractivity contribution in [1.82, 2.24) is 0 Å². The van der Waals surface area contributed by atoms with Crippen LogP contribution >= 0.6 is 0 Å². The molecule has 0 atom stereocenters. The van der Waals surface area contributed by atoms with Crippen molar-refractivity contribution in [3.63, 3.8) is 0 Å². The topological polar surface area (TPSA) is 92.8 Å². The number of aryl methyl sites for hydroxylation is 1. The lowest BCUT2D eigenvalue weighted by molar-refractivity contribution is -0.114. The smallest absolute Gasteiger partial charge is 0.267 e. The number of nitrogens with two attached hydrogens (primary N) is 1. The maximum atomic E-state index is 12.7. The summed E-state index contributed by atoms with van der Waals surface area (Å²) in [6, 6.07) is 13.7.